The van der Waals surface area contributed by atoms with E-state index in [4.69, 9.17) is 23.2 Å². The van der Waals surface area contributed by atoms with Crippen molar-refractivity contribution in [2.24, 2.45) is 0 Å². The van der Waals surface area contributed by atoms with Gasteiger partial charge in [0.2, 0.25) is 10.0 Å². The first-order valence-electron chi connectivity index (χ1n) is 9.31. The van der Waals surface area contributed by atoms with Crippen LogP contribution in [0, 0.1) is 13.8 Å². The number of benzene rings is 2. The zero-order valence-corrected chi connectivity index (χ0v) is 19.8. The van der Waals surface area contributed by atoms with E-state index < -0.39 is 15.9 Å². The molecule has 0 radical (unpaired) electrons. The summed E-state index contributed by atoms with van der Waals surface area (Å²) in [5.74, 6) is 0.00789. The predicted octanol–water partition coefficient (Wildman–Crippen LogP) is 4.36. The second-order valence-corrected chi connectivity index (χ2v) is 10.2. The minimum absolute atomic E-state index is 0.101. The maximum absolute atomic E-state index is 12.9. The molecule has 164 valence electrons. The molecule has 1 aromatic heterocycles. The van der Waals surface area contributed by atoms with Gasteiger partial charge in [0.05, 0.1) is 17.6 Å². The fraction of sp³-hybridized carbons (Fsp3) is 0.238. The van der Waals surface area contributed by atoms with E-state index in [1.165, 1.54) is 20.2 Å². The standard InChI is InChI=1S/C21H22Cl2N4O3S/c1-13-9-16(10-19(14(13)2)31(29,30)26(3)4)21(28)25-20-7-8-24-27(20)12-15-5-6-17(22)11-18(15)23/h5-11H,12H2,1-4H3,(H,25,28). The third-order valence-corrected chi connectivity index (χ3v) is 7.46. The molecular formula is C21H22Cl2N4O3S. The summed E-state index contributed by atoms with van der Waals surface area (Å²) in [5, 5.41) is 8.06. The van der Waals surface area contributed by atoms with Gasteiger partial charge >= 0.3 is 0 Å². The minimum atomic E-state index is -3.69. The lowest BCUT2D eigenvalue weighted by atomic mass is 10.1. The van der Waals surface area contributed by atoms with Crippen molar-refractivity contribution in [3.63, 3.8) is 0 Å². The second-order valence-electron chi connectivity index (χ2n) is 7.27. The second kappa shape index (κ2) is 9.00. The van der Waals surface area contributed by atoms with Gasteiger partial charge in [-0.15, -0.1) is 0 Å². The third kappa shape index (κ3) is 4.93. The number of sulfonamides is 1. The Morgan fingerprint density at radius 2 is 1.84 bits per heavy atom. The van der Waals surface area contributed by atoms with Gasteiger partial charge < -0.3 is 5.32 Å². The normalized spacial score (nSPS) is 11.7. The predicted molar refractivity (Wildman–Crippen MR) is 123 cm³/mol. The van der Waals surface area contributed by atoms with Crippen molar-refractivity contribution in [1.82, 2.24) is 14.1 Å². The average molecular weight is 481 g/mol. The van der Waals surface area contributed by atoms with Crippen LogP contribution in [-0.4, -0.2) is 42.5 Å². The molecule has 0 saturated carbocycles. The summed E-state index contributed by atoms with van der Waals surface area (Å²) in [5.41, 5.74) is 2.33. The first-order valence-corrected chi connectivity index (χ1v) is 11.5. The van der Waals surface area contributed by atoms with E-state index in [2.05, 4.69) is 10.4 Å². The van der Waals surface area contributed by atoms with Crippen LogP contribution < -0.4 is 5.32 Å². The molecule has 10 heteroatoms. The number of aryl methyl sites for hydroxylation is 1. The molecule has 1 N–H and O–H groups in total. The molecule has 2 aromatic carbocycles. The molecule has 0 bridgehead atoms. The number of carbonyl (C=O) groups excluding carboxylic acids is 1. The Labute approximate surface area is 191 Å². The summed E-state index contributed by atoms with van der Waals surface area (Å²) in [6, 6.07) is 9.87. The number of rotatable bonds is 6. The number of aromatic nitrogens is 2. The molecule has 0 aliphatic heterocycles. The SMILES string of the molecule is Cc1cc(C(=O)Nc2ccnn2Cc2ccc(Cl)cc2Cl)cc(S(=O)(=O)N(C)C)c1C. The first-order chi connectivity index (χ1) is 14.5. The lowest BCUT2D eigenvalue weighted by Crippen LogP contribution is -2.24. The number of carbonyl (C=O) groups is 1. The highest BCUT2D eigenvalue weighted by Crippen LogP contribution is 2.25. The number of hydrogen-bond donors (Lipinski definition) is 1. The fourth-order valence-electron chi connectivity index (χ4n) is 2.99. The van der Waals surface area contributed by atoms with Gasteiger partial charge in [0.25, 0.3) is 5.91 Å². The monoisotopic (exact) mass is 480 g/mol. The highest BCUT2D eigenvalue weighted by atomic mass is 35.5. The summed E-state index contributed by atoms with van der Waals surface area (Å²) in [4.78, 5) is 13.0. The van der Waals surface area contributed by atoms with Gasteiger partial charge in [-0.3, -0.25) is 4.79 Å². The molecule has 31 heavy (non-hydrogen) atoms. The van der Waals surface area contributed by atoms with Gasteiger partial charge in [0.1, 0.15) is 5.82 Å². The largest absolute Gasteiger partial charge is 0.307 e. The van der Waals surface area contributed by atoms with Crippen LogP contribution in [0.2, 0.25) is 10.0 Å². The van der Waals surface area contributed by atoms with E-state index in [-0.39, 0.29) is 10.5 Å². The van der Waals surface area contributed by atoms with Crippen molar-refractivity contribution < 1.29 is 13.2 Å². The molecule has 0 aliphatic rings. The Morgan fingerprint density at radius 3 is 2.48 bits per heavy atom. The molecule has 3 aromatic rings. The average Bonchev–Trinajstić information content (AvgIpc) is 3.12. The number of hydrogen-bond acceptors (Lipinski definition) is 4. The third-order valence-electron chi connectivity index (χ3n) is 4.93. The highest BCUT2D eigenvalue weighted by molar-refractivity contribution is 7.89. The zero-order valence-electron chi connectivity index (χ0n) is 17.5. The lowest BCUT2D eigenvalue weighted by molar-refractivity contribution is 0.102. The number of nitrogens with one attached hydrogen (secondary N) is 1. The Kier molecular flexibility index (Phi) is 6.76. The van der Waals surface area contributed by atoms with E-state index in [0.29, 0.717) is 33.5 Å². The minimum Gasteiger partial charge on any atom is -0.307 e. The van der Waals surface area contributed by atoms with Crippen LogP contribution in [0.25, 0.3) is 0 Å². The van der Waals surface area contributed by atoms with Gasteiger partial charge in [0.15, 0.2) is 0 Å². The van der Waals surface area contributed by atoms with Crippen LogP contribution in [0.4, 0.5) is 5.82 Å². The molecule has 0 atom stereocenters. The molecule has 1 heterocycles. The Balaban J connectivity index is 1.90. The molecule has 0 spiro atoms. The maximum Gasteiger partial charge on any atom is 0.256 e. The van der Waals surface area contributed by atoms with Crippen molar-refractivity contribution in [1.29, 1.82) is 0 Å². The number of amides is 1. The van der Waals surface area contributed by atoms with E-state index >= 15 is 0 Å². The van der Waals surface area contributed by atoms with E-state index in [1.54, 1.807) is 55.1 Å². The molecule has 3 rings (SSSR count). The molecule has 0 aliphatic carbocycles. The van der Waals surface area contributed by atoms with Gasteiger partial charge in [0, 0.05) is 35.8 Å². The lowest BCUT2D eigenvalue weighted by Gasteiger charge is -2.17. The van der Waals surface area contributed by atoms with Crippen molar-refractivity contribution in [2.45, 2.75) is 25.3 Å². The van der Waals surface area contributed by atoms with Gasteiger partial charge in [-0.2, -0.15) is 5.10 Å². The van der Waals surface area contributed by atoms with Crippen molar-refractivity contribution >= 4 is 45.0 Å². The molecular weight excluding hydrogens is 459 g/mol. The van der Waals surface area contributed by atoms with Crippen molar-refractivity contribution in [3.8, 4) is 0 Å². The summed E-state index contributed by atoms with van der Waals surface area (Å²) >= 11 is 12.2. The molecule has 0 unspecified atom stereocenters. The van der Waals surface area contributed by atoms with Gasteiger partial charge in [-0.05, 0) is 54.8 Å². The van der Waals surface area contributed by atoms with Crippen LogP contribution in [-0.2, 0) is 16.6 Å². The summed E-state index contributed by atoms with van der Waals surface area (Å²) < 4.78 is 28.1. The summed E-state index contributed by atoms with van der Waals surface area (Å²) in [6.07, 6.45) is 1.56. The smallest absolute Gasteiger partial charge is 0.256 e. The van der Waals surface area contributed by atoms with Crippen LogP contribution >= 0.6 is 23.2 Å². The number of halogens is 2. The van der Waals surface area contributed by atoms with E-state index in [1.807, 2.05) is 0 Å². The van der Waals surface area contributed by atoms with E-state index in [9.17, 15) is 13.2 Å². The molecule has 0 saturated heterocycles. The first kappa shape index (κ1) is 23.3. The van der Waals surface area contributed by atoms with E-state index in [0.717, 1.165) is 9.87 Å². The summed E-state index contributed by atoms with van der Waals surface area (Å²) in [7, 11) is -0.784. The van der Waals surface area contributed by atoms with Crippen LogP contribution in [0.15, 0.2) is 47.5 Å². The summed E-state index contributed by atoms with van der Waals surface area (Å²) in [6.45, 7) is 3.82. The number of anilines is 1. The van der Waals surface area contributed by atoms with Crippen molar-refractivity contribution in [2.75, 3.05) is 19.4 Å². The fourth-order valence-corrected chi connectivity index (χ4v) is 4.67. The topological polar surface area (TPSA) is 84.3 Å². The molecule has 1 amide bonds. The number of nitrogens with zero attached hydrogens (tertiary/aromatic N) is 3. The Bertz CT molecular complexity index is 1250. The maximum atomic E-state index is 12.9. The Morgan fingerprint density at radius 1 is 1.13 bits per heavy atom. The van der Waals surface area contributed by atoms with Crippen LogP contribution in [0.5, 0.6) is 0 Å². The Hall–Kier alpha value is -2.39. The van der Waals surface area contributed by atoms with Crippen LogP contribution in [0.1, 0.15) is 27.0 Å². The highest BCUT2D eigenvalue weighted by Gasteiger charge is 2.23. The van der Waals surface area contributed by atoms with Gasteiger partial charge in [-0.25, -0.2) is 17.4 Å². The van der Waals surface area contributed by atoms with Crippen molar-refractivity contribution in [3.05, 3.63) is 74.9 Å². The zero-order chi connectivity index (χ0) is 22.9. The molecule has 7 nitrogen and oxygen atoms in total. The van der Waals surface area contributed by atoms with Gasteiger partial charge in [-0.1, -0.05) is 29.3 Å². The quantitative estimate of drug-likeness (QED) is 0.567. The van der Waals surface area contributed by atoms with Crippen LogP contribution in [0.3, 0.4) is 0 Å². The molecule has 0 fully saturated rings.